The zero-order valence-electron chi connectivity index (χ0n) is 13.1. The Bertz CT molecular complexity index is 721. The molecule has 3 rings (SSSR count). The first-order chi connectivity index (χ1) is 11.3. The van der Waals surface area contributed by atoms with Crippen molar-refractivity contribution in [3.05, 3.63) is 24.4 Å². The number of unbranched alkanes of at least 4 members (excludes halogenated alkanes) is 1. The van der Waals surface area contributed by atoms with E-state index in [-0.39, 0.29) is 0 Å². The van der Waals surface area contributed by atoms with Gasteiger partial charge in [-0.05, 0) is 31.5 Å². The van der Waals surface area contributed by atoms with Crippen LogP contribution < -0.4 is 9.47 Å². The van der Waals surface area contributed by atoms with E-state index >= 15 is 0 Å². The van der Waals surface area contributed by atoms with Crippen molar-refractivity contribution in [2.45, 2.75) is 31.5 Å². The van der Waals surface area contributed by atoms with E-state index in [0.29, 0.717) is 19.6 Å². The Balaban J connectivity index is 1.82. The molecule has 0 unspecified atom stereocenters. The zero-order chi connectivity index (χ0) is 16.1. The molecule has 0 saturated heterocycles. The average Bonchev–Trinajstić information content (AvgIpc) is 3.01. The second-order valence-corrected chi connectivity index (χ2v) is 6.20. The topological polar surface area (TPSA) is 60.1 Å². The first-order valence-corrected chi connectivity index (χ1v) is 8.77. The van der Waals surface area contributed by atoms with Crippen LogP contribution in [0, 0.1) is 11.3 Å². The summed E-state index contributed by atoms with van der Waals surface area (Å²) in [6.45, 7) is 4.15. The molecule has 1 aliphatic heterocycles. The maximum absolute atomic E-state index is 8.61. The fraction of sp³-hybridized carbons (Fsp3) is 0.412. The Hall–Kier alpha value is -2.13. The predicted molar refractivity (Wildman–Crippen MR) is 89.9 cm³/mol. The molecule has 6 heteroatoms. The van der Waals surface area contributed by atoms with Crippen molar-refractivity contribution >= 4 is 11.8 Å². The van der Waals surface area contributed by atoms with Crippen molar-refractivity contribution in [1.82, 2.24) is 9.55 Å². The second-order valence-electron chi connectivity index (χ2n) is 5.14. The van der Waals surface area contributed by atoms with E-state index < -0.39 is 0 Å². The molecule has 2 heterocycles. The lowest BCUT2D eigenvalue weighted by Gasteiger charge is -2.19. The van der Waals surface area contributed by atoms with Crippen molar-refractivity contribution in [3.8, 4) is 28.8 Å². The summed E-state index contributed by atoms with van der Waals surface area (Å²) in [5.41, 5.74) is 2.15. The van der Waals surface area contributed by atoms with E-state index in [4.69, 9.17) is 14.7 Å². The van der Waals surface area contributed by atoms with E-state index in [9.17, 15) is 0 Å². The minimum Gasteiger partial charge on any atom is -0.486 e. The number of benzene rings is 1. The molecule has 0 radical (unpaired) electrons. The number of fused-ring (bicyclic) bond motifs is 1. The van der Waals surface area contributed by atoms with Crippen molar-refractivity contribution in [1.29, 1.82) is 5.26 Å². The molecule has 0 fully saturated rings. The second kappa shape index (κ2) is 7.42. The fourth-order valence-electron chi connectivity index (χ4n) is 2.53. The number of rotatable bonds is 6. The summed E-state index contributed by atoms with van der Waals surface area (Å²) in [4.78, 5) is 4.54. The molecule has 120 valence electrons. The van der Waals surface area contributed by atoms with E-state index in [1.54, 1.807) is 11.8 Å². The van der Waals surface area contributed by atoms with Gasteiger partial charge in [0, 0.05) is 24.3 Å². The lowest BCUT2D eigenvalue weighted by molar-refractivity contribution is 0.171. The van der Waals surface area contributed by atoms with Gasteiger partial charge in [0.15, 0.2) is 16.7 Å². The van der Waals surface area contributed by atoms with Crippen LogP contribution in [0.1, 0.15) is 19.8 Å². The Morgan fingerprint density at radius 1 is 1.30 bits per heavy atom. The number of thioether (sulfide) groups is 1. The number of ether oxygens (including phenoxy) is 2. The number of nitriles is 1. The maximum atomic E-state index is 8.61. The lowest BCUT2D eigenvalue weighted by Crippen LogP contribution is -2.15. The summed E-state index contributed by atoms with van der Waals surface area (Å²) in [5, 5.41) is 9.61. The van der Waals surface area contributed by atoms with Crippen LogP contribution in [-0.2, 0) is 6.54 Å². The minimum atomic E-state index is 0.587. The molecule has 0 bridgehead atoms. The van der Waals surface area contributed by atoms with E-state index in [0.717, 1.165) is 46.6 Å². The first kappa shape index (κ1) is 15.8. The molecule has 1 aliphatic rings. The molecule has 0 aliphatic carbocycles. The Labute approximate surface area is 140 Å². The molecule has 0 spiro atoms. The Kier molecular flexibility index (Phi) is 5.09. The molecular weight excluding hydrogens is 310 g/mol. The maximum Gasteiger partial charge on any atom is 0.168 e. The van der Waals surface area contributed by atoms with Gasteiger partial charge < -0.3 is 14.0 Å². The zero-order valence-corrected chi connectivity index (χ0v) is 13.9. The third-order valence-corrected chi connectivity index (χ3v) is 4.71. The van der Waals surface area contributed by atoms with Crippen molar-refractivity contribution in [2.75, 3.05) is 19.0 Å². The van der Waals surface area contributed by atoms with Gasteiger partial charge >= 0.3 is 0 Å². The van der Waals surface area contributed by atoms with Crippen LogP contribution in [0.5, 0.6) is 11.5 Å². The van der Waals surface area contributed by atoms with Gasteiger partial charge in [-0.3, -0.25) is 0 Å². The monoisotopic (exact) mass is 329 g/mol. The summed E-state index contributed by atoms with van der Waals surface area (Å²) in [5.74, 6) is 2.50. The lowest BCUT2D eigenvalue weighted by atomic mass is 10.1. The van der Waals surface area contributed by atoms with Gasteiger partial charge in [0.25, 0.3) is 0 Å². The molecule has 0 N–H and O–H groups in total. The number of hydrogen-bond acceptors (Lipinski definition) is 5. The SMILES string of the molecule is CCn1c(-c2ccc3c(c2)OCCO3)cnc1SCCCC#N. The summed E-state index contributed by atoms with van der Waals surface area (Å²) in [6, 6.07) is 8.19. The number of imidazole rings is 1. The third kappa shape index (κ3) is 3.45. The largest absolute Gasteiger partial charge is 0.486 e. The molecule has 0 saturated carbocycles. The fourth-order valence-corrected chi connectivity index (χ4v) is 3.51. The molecule has 2 aromatic rings. The van der Waals surface area contributed by atoms with E-state index in [1.807, 2.05) is 24.4 Å². The molecule has 23 heavy (non-hydrogen) atoms. The Morgan fingerprint density at radius 2 is 2.13 bits per heavy atom. The van der Waals surface area contributed by atoms with Crippen LogP contribution in [0.25, 0.3) is 11.3 Å². The van der Waals surface area contributed by atoms with Crippen LogP contribution in [-0.4, -0.2) is 28.5 Å². The van der Waals surface area contributed by atoms with E-state index in [2.05, 4.69) is 22.5 Å². The quantitative estimate of drug-likeness (QED) is 0.597. The standard InChI is InChI=1S/C17H19N3O2S/c1-2-20-14(12-19-17(20)23-10-4-3-7-18)13-5-6-15-16(11-13)22-9-8-21-15/h5-6,11-12H,2-4,8-10H2,1H3. The average molecular weight is 329 g/mol. The van der Waals surface area contributed by atoms with Gasteiger partial charge in [-0.25, -0.2) is 4.98 Å². The van der Waals surface area contributed by atoms with Gasteiger partial charge in [-0.2, -0.15) is 5.26 Å². The number of hydrogen-bond donors (Lipinski definition) is 0. The summed E-state index contributed by atoms with van der Waals surface area (Å²) in [7, 11) is 0. The predicted octanol–water partition coefficient (Wildman–Crippen LogP) is 3.74. The molecule has 1 aromatic heterocycles. The highest BCUT2D eigenvalue weighted by Crippen LogP contribution is 2.35. The van der Waals surface area contributed by atoms with Gasteiger partial charge in [0.2, 0.25) is 0 Å². The minimum absolute atomic E-state index is 0.587. The molecule has 0 atom stereocenters. The van der Waals surface area contributed by atoms with Crippen LogP contribution >= 0.6 is 11.8 Å². The van der Waals surface area contributed by atoms with Crippen molar-refractivity contribution in [2.24, 2.45) is 0 Å². The van der Waals surface area contributed by atoms with Crippen molar-refractivity contribution in [3.63, 3.8) is 0 Å². The number of aromatic nitrogens is 2. The smallest absolute Gasteiger partial charge is 0.168 e. The summed E-state index contributed by atoms with van der Waals surface area (Å²) < 4.78 is 13.4. The summed E-state index contributed by atoms with van der Waals surface area (Å²) >= 11 is 1.70. The van der Waals surface area contributed by atoms with Crippen LogP contribution in [0.2, 0.25) is 0 Å². The van der Waals surface area contributed by atoms with Crippen LogP contribution in [0.3, 0.4) is 0 Å². The van der Waals surface area contributed by atoms with Crippen molar-refractivity contribution < 1.29 is 9.47 Å². The molecule has 5 nitrogen and oxygen atoms in total. The van der Waals surface area contributed by atoms with Crippen LogP contribution in [0.4, 0.5) is 0 Å². The molecule has 0 amide bonds. The number of nitrogens with zero attached hydrogens (tertiary/aromatic N) is 3. The van der Waals surface area contributed by atoms with Gasteiger partial charge in [0.05, 0.1) is 18.0 Å². The van der Waals surface area contributed by atoms with Gasteiger partial charge in [-0.1, -0.05) is 11.8 Å². The highest BCUT2D eigenvalue weighted by molar-refractivity contribution is 7.99. The molecule has 1 aromatic carbocycles. The summed E-state index contributed by atoms with van der Waals surface area (Å²) in [6.07, 6.45) is 3.38. The first-order valence-electron chi connectivity index (χ1n) is 7.78. The highest BCUT2D eigenvalue weighted by Gasteiger charge is 2.16. The van der Waals surface area contributed by atoms with E-state index in [1.165, 1.54) is 0 Å². The van der Waals surface area contributed by atoms with Crippen LogP contribution in [0.15, 0.2) is 29.6 Å². The normalized spacial score (nSPS) is 12.9. The Morgan fingerprint density at radius 3 is 2.91 bits per heavy atom. The third-order valence-electron chi connectivity index (χ3n) is 3.64. The van der Waals surface area contributed by atoms with Gasteiger partial charge in [0.1, 0.15) is 13.2 Å². The highest BCUT2D eigenvalue weighted by atomic mass is 32.2. The van der Waals surface area contributed by atoms with Gasteiger partial charge in [-0.15, -0.1) is 0 Å². The molecular formula is C17H19N3O2S.